The minimum Gasteiger partial charge on any atom is -0.497 e. The van der Waals surface area contributed by atoms with Crippen LogP contribution in [0.4, 0.5) is 27.9 Å². The number of hydrogen-bond donors (Lipinski definition) is 2. The van der Waals surface area contributed by atoms with Crippen LogP contribution in [0.1, 0.15) is 50.4 Å². The Morgan fingerprint density at radius 2 is 1.89 bits per heavy atom. The van der Waals surface area contributed by atoms with Crippen molar-refractivity contribution in [3.8, 4) is 17.9 Å². The first-order valence-electron chi connectivity index (χ1n) is 14.7. The third kappa shape index (κ3) is 6.85. The minimum atomic E-state index is -1.02. The lowest BCUT2D eigenvalue weighted by Crippen LogP contribution is -2.48. The highest BCUT2D eigenvalue weighted by Crippen LogP contribution is 2.36. The van der Waals surface area contributed by atoms with Crippen molar-refractivity contribution in [2.24, 2.45) is 0 Å². The average molecular weight is 643 g/mol. The second kappa shape index (κ2) is 13.0. The Labute approximate surface area is 272 Å². The molecule has 1 fully saturated rings. The Morgan fingerprint density at radius 1 is 1.17 bits per heavy atom. The zero-order valence-corrected chi connectivity index (χ0v) is 27.1. The summed E-state index contributed by atoms with van der Waals surface area (Å²) < 4.78 is 6.77. The molecule has 238 valence electrons. The highest BCUT2D eigenvalue weighted by molar-refractivity contribution is 6.33. The molecular weight excluding hydrogens is 608 g/mol. The summed E-state index contributed by atoms with van der Waals surface area (Å²) >= 11 is 6.74. The molecule has 2 aromatic carbocycles. The SMILES string of the molecule is COc1ccc(CN(c2nc(Nc3cc(C#N)c(N(C)CCN(C(=O)O)C(C)(C)C)cc3Cl)nn3c(C#N)cnc23)C2CC2)cc1. The number of carbonyl (C=O) groups is 1. The molecule has 0 atom stereocenters. The van der Waals surface area contributed by atoms with Crippen molar-refractivity contribution in [1.29, 1.82) is 10.5 Å². The van der Waals surface area contributed by atoms with E-state index in [-0.39, 0.29) is 24.2 Å². The Kier molecular flexibility index (Phi) is 9.08. The maximum absolute atomic E-state index is 11.8. The van der Waals surface area contributed by atoms with Gasteiger partial charge in [0.15, 0.2) is 17.2 Å². The maximum atomic E-state index is 11.8. The first-order chi connectivity index (χ1) is 21.9. The Bertz CT molecular complexity index is 1830. The van der Waals surface area contributed by atoms with Gasteiger partial charge in [0, 0.05) is 38.3 Å². The number of anilines is 4. The van der Waals surface area contributed by atoms with Crippen molar-refractivity contribution in [1.82, 2.24) is 24.5 Å². The van der Waals surface area contributed by atoms with Crippen LogP contribution in [-0.4, -0.2) is 74.5 Å². The lowest BCUT2D eigenvalue weighted by Gasteiger charge is -2.34. The molecule has 2 heterocycles. The van der Waals surface area contributed by atoms with Crippen LogP contribution in [0, 0.1) is 22.7 Å². The monoisotopic (exact) mass is 642 g/mol. The number of nitriles is 2. The quantitative estimate of drug-likeness (QED) is 0.208. The van der Waals surface area contributed by atoms with Gasteiger partial charge in [0.25, 0.3) is 0 Å². The van der Waals surface area contributed by atoms with Crippen molar-refractivity contribution in [2.45, 2.75) is 51.7 Å². The molecule has 0 radical (unpaired) electrons. The van der Waals surface area contributed by atoms with E-state index < -0.39 is 11.6 Å². The van der Waals surface area contributed by atoms with E-state index in [1.54, 1.807) is 31.2 Å². The molecule has 2 N–H and O–H groups in total. The molecule has 1 aliphatic carbocycles. The number of rotatable bonds is 11. The summed E-state index contributed by atoms with van der Waals surface area (Å²) in [5, 5.41) is 37.5. The molecule has 46 heavy (non-hydrogen) atoms. The molecule has 0 unspecified atom stereocenters. The second-order valence-corrected chi connectivity index (χ2v) is 12.5. The number of ether oxygens (including phenoxy) is 1. The van der Waals surface area contributed by atoms with Gasteiger partial charge in [0.2, 0.25) is 5.95 Å². The molecule has 0 saturated heterocycles. The number of benzene rings is 2. The summed E-state index contributed by atoms with van der Waals surface area (Å²) in [4.78, 5) is 26.4. The predicted molar refractivity (Wildman–Crippen MR) is 175 cm³/mol. The largest absolute Gasteiger partial charge is 0.497 e. The van der Waals surface area contributed by atoms with Crippen molar-refractivity contribution in [2.75, 3.05) is 42.4 Å². The number of imidazole rings is 1. The van der Waals surface area contributed by atoms with Crippen molar-refractivity contribution >= 4 is 46.5 Å². The summed E-state index contributed by atoms with van der Waals surface area (Å²) in [5.41, 5.74) is 2.45. The molecule has 1 aliphatic rings. The molecule has 0 aliphatic heterocycles. The maximum Gasteiger partial charge on any atom is 0.407 e. The van der Waals surface area contributed by atoms with Crippen LogP contribution in [-0.2, 0) is 6.54 Å². The number of fused-ring (bicyclic) bond motifs is 1. The molecule has 14 heteroatoms. The molecule has 1 amide bonds. The Balaban J connectivity index is 1.47. The number of likely N-dealkylation sites (N-methyl/N-ethyl adjacent to an activating group) is 1. The third-order valence-electron chi connectivity index (χ3n) is 7.79. The van der Waals surface area contributed by atoms with Crippen LogP contribution in [0.3, 0.4) is 0 Å². The van der Waals surface area contributed by atoms with Crippen LogP contribution in [0.15, 0.2) is 42.6 Å². The van der Waals surface area contributed by atoms with Gasteiger partial charge in [-0.3, -0.25) is 0 Å². The zero-order valence-electron chi connectivity index (χ0n) is 26.3. The smallest absolute Gasteiger partial charge is 0.407 e. The average Bonchev–Trinajstić information content (AvgIpc) is 3.78. The number of aromatic nitrogens is 4. The van der Waals surface area contributed by atoms with Gasteiger partial charge in [-0.2, -0.15) is 20.0 Å². The number of methoxy groups -OCH3 is 1. The van der Waals surface area contributed by atoms with Crippen LogP contribution >= 0.6 is 11.6 Å². The molecule has 1 saturated carbocycles. The molecule has 0 spiro atoms. The standard InChI is InChI=1S/C32H35ClN10O3/c1-32(2,3)42(31(44)45)13-12-40(4)27-15-25(33)26(14-21(27)16-34)37-30-38-29(28-36-18-23(17-35)43(28)39-30)41(22-8-9-22)19-20-6-10-24(46-5)11-7-20/h6-7,10-11,14-15,18,22H,8-9,12-13,19H2,1-5H3,(H,37,39)(H,44,45). The number of nitrogens with one attached hydrogen (secondary N) is 1. The molecule has 0 bridgehead atoms. The van der Waals surface area contributed by atoms with E-state index in [0.717, 1.165) is 24.2 Å². The van der Waals surface area contributed by atoms with Crippen LogP contribution in [0.2, 0.25) is 5.02 Å². The van der Waals surface area contributed by atoms with Crippen LogP contribution in [0.25, 0.3) is 5.65 Å². The zero-order chi connectivity index (χ0) is 33.2. The number of carboxylic acid groups (broad SMARTS) is 1. The Hall–Kier alpha value is -5.27. The van der Waals surface area contributed by atoms with Crippen molar-refractivity contribution in [3.63, 3.8) is 0 Å². The van der Waals surface area contributed by atoms with E-state index in [9.17, 15) is 20.4 Å². The number of nitrogens with zero attached hydrogens (tertiary/aromatic N) is 9. The summed E-state index contributed by atoms with van der Waals surface area (Å²) in [5.74, 6) is 1.50. The van der Waals surface area contributed by atoms with E-state index in [0.29, 0.717) is 46.5 Å². The fraction of sp³-hybridized carbons (Fsp3) is 0.375. The summed E-state index contributed by atoms with van der Waals surface area (Å²) in [7, 11) is 3.41. The molecule has 5 rings (SSSR count). The van der Waals surface area contributed by atoms with Crippen molar-refractivity contribution < 1.29 is 14.6 Å². The summed E-state index contributed by atoms with van der Waals surface area (Å²) in [6.45, 7) is 6.62. The number of hydrogen-bond acceptors (Lipinski definition) is 10. The van der Waals surface area contributed by atoms with Gasteiger partial charge in [-0.05, 0) is 63.4 Å². The second-order valence-electron chi connectivity index (χ2n) is 12.1. The van der Waals surface area contributed by atoms with Gasteiger partial charge in [-0.15, -0.1) is 5.10 Å². The topological polar surface area (TPSA) is 159 Å². The number of halogens is 1. The normalized spacial score (nSPS) is 12.7. The summed E-state index contributed by atoms with van der Waals surface area (Å²) in [6.07, 6.45) is 2.43. The molecule has 2 aromatic heterocycles. The van der Waals surface area contributed by atoms with E-state index in [2.05, 4.69) is 32.4 Å². The summed E-state index contributed by atoms with van der Waals surface area (Å²) in [6, 6.07) is 15.7. The van der Waals surface area contributed by atoms with Gasteiger partial charge in [-0.1, -0.05) is 23.7 Å². The van der Waals surface area contributed by atoms with E-state index >= 15 is 0 Å². The van der Waals surface area contributed by atoms with Gasteiger partial charge in [0.1, 0.15) is 17.9 Å². The molecule has 4 aromatic rings. The van der Waals surface area contributed by atoms with E-state index in [4.69, 9.17) is 21.3 Å². The highest BCUT2D eigenvalue weighted by Gasteiger charge is 2.33. The predicted octanol–water partition coefficient (Wildman–Crippen LogP) is 5.66. The fourth-order valence-corrected chi connectivity index (χ4v) is 5.36. The van der Waals surface area contributed by atoms with Gasteiger partial charge < -0.3 is 29.9 Å². The minimum absolute atomic E-state index is 0.173. The van der Waals surface area contributed by atoms with Gasteiger partial charge >= 0.3 is 6.09 Å². The van der Waals surface area contributed by atoms with E-state index in [1.165, 1.54) is 15.6 Å². The van der Waals surface area contributed by atoms with E-state index in [1.807, 2.05) is 45.0 Å². The number of amides is 1. The van der Waals surface area contributed by atoms with Crippen molar-refractivity contribution in [3.05, 3.63) is 64.4 Å². The molecule has 13 nitrogen and oxygen atoms in total. The Morgan fingerprint density at radius 3 is 2.48 bits per heavy atom. The van der Waals surface area contributed by atoms with Crippen LogP contribution < -0.4 is 19.9 Å². The third-order valence-corrected chi connectivity index (χ3v) is 8.11. The lowest BCUT2D eigenvalue weighted by atomic mass is 10.1. The first kappa shape index (κ1) is 32.1. The van der Waals surface area contributed by atoms with Gasteiger partial charge in [0.05, 0.1) is 35.3 Å². The fourth-order valence-electron chi connectivity index (χ4n) is 5.15. The first-order valence-corrected chi connectivity index (χ1v) is 15.1. The highest BCUT2D eigenvalue weighted by atomic mass is 35.5. The molecular formula is C32H35ClN10O3. The van der Waals surface area contributed by atoms with Gasteiger partial charge in [-0.25, -0.2) is 9.78 Å². The lowest BCUT2D eigenvalue weighted by molar-refractivity contribution is 0.102. The van der Waals surface area contributed by atoms with Crippen LogP contribution in [0.5, 0.6) is 5.75 Å².